The van der Waals surface area contributed by atoms with Gasteiger partial charge in [-0.2, -0.15) is 0 Å². The van der Waals surface area contributed by atoms with Crippen molar-refractivity contribution in [3.63, 3.8) is 0 Å². The molecule has 14 rings (SSSR count). The van der Waals surface area contributed by atoms with Crippen LogP contribution in [0.1, 0.15) is 0 Å². The fourth-order valence-corrected chi connectivity index (χ4v) is 10.6. The van der Waals surface area contributed by atoms with Crippen molar-refractivity contribution in [1.82, 2.24) is 24.1 Å². The van der Waals surface area contributed by atoms with Crippen LogP contribution in [0.2, 0.25) is 0 Å². The van der Waals surface area contributed by atoms with Crippen LogP contribution in [0.3, 0.4) is 0 Å². The summed E-state index contributed by atoms with van der Waals surface area (Å²) in [6.07, 6.45) is 0. The average molecular weight is 866 g/mol. The highest BCUT2D eigenvalue weighted by atomic mass is 15.0. The predicted molar refractivity (Wildman–Crippen MR) is 283 cm³/mol. The SMILES string of the molecule is c1ccc(-c2ccccc2-c2nc(-c3cc(-n4c5ccc(-n6c7ccccc7c7ccccc76)cc5c5cc6ccccc6cc54)c4ccccc4c3)nc(-c3cccc4ccccc34)n2)cc1. The minimum absolute atomic E-state index is 0.604. The van der Waals surface area contributed by atoms with Crippen LogP contribution in [0.25, 0.3) is 133 Å². The zero-order chi connectivity index (χ0) is 44.7. The van der Waals surface area contributed by atoms with Crippen LogP contribution in [0.4, 0.5) is 0 Å². The molecule has 3 heterocycles. The highest BCUT2D eigenvalue weighted by Gasteiger charge is 2.22. The molecule has 14 aromatic rings. The van der Waals surface area contributed by atoms with Crippen LogP contribution in [-0.2, 0) is 0 Å². The van der Waals surface area contributed by atoms with Gasteiger partial charge in [-0.25, -0.2) is 15.0 Å². The second-order valence-corrected chi connectivity index (χ2v) is 17.6. The summed E-state index contributed by atoms with van der Waals surface area (Å²) < 4.78 is 4.86. The van der Waals surface area contributed by atoms with Gasteiger partial charge in [-0.05, 0) is 92.7 Å². The van der Waals surface area contributed by atoms with E-state index >= 15 is 0 Å². The van der Waals surface area contributed by atoms with Gasteiger partial charge in [0.25, 0.3) is 0 Å². The van der Waals surface area contributed by atoms with Gasteiger partial charge in [0, 0.05) is 49.3 Å². The monoisotopic (exact) mass is 865 g/mol. The maximum Gasteiger partial charge on any atom is 0.164 e. The van der Waals surface area contributed by atoms with Gasteiger partial charge in [0.15, 0.2) is 17.5 Å². The quantitative estimate of drug-likeness (QED) is 0.167. The average Bonchev–Trinajstić information content (AvgIpc) is 3.91. The van der Waals surface area contributed by atoms with Crippen LogP contribution in [0, 0.1) is 0 Å². The van der Waals surface area contributed by atoms with Crippen molar-refractivity contribution in [2.75, 3.05) is 0 Å². The van der Waals surface area contributed by atoms with Crippen molar-refractivity contribution in [1.29, 1.82) is 0 Å². The van der Waals surface area contributed by atoms with Gasteiger partial charge in [0.1, 0.15) is 0 Å². The minimum atomic E-state index is 0.604. The summed E-state index contributed by atoms with van der Waals surface area (Å²) in [6.45, 7) is 0. The molecular weight excluding hydrogens is 827 g/mol. The van der Waals surface area contributed by atoms with Gasteiger partial charge in [0.2, 0.25) is 0 Å². The molecule has 316 valence electrons. The topological polar surface area (TPSA) is 48.5 Å². The molecule has 0 spiro atoms. The fraction of sp³-hybridized carbons (Fsp3) is 0. The van der Waals surface area contributed by atoms with Crippen molar-refractivity contribution >= 4 is 75.9 Å². The van der Waals surface area contributed by atoms with E-state index in [1.54, 1.807) is 0 Å². The van der Waals surface area contributed by atoms with Gasteiger partial charge in [-0.3, -0.25) is 0 Å². The van der Waals surface area contributed by atoms with E-state index < -0.39 is 0 Å². The lowest BCUT2D eigenvalue weighted by Gasteiger charge is -2.16. The number of aromatic nitrogens is 5. The Hall–Kier alpha value is -9.19. The van der Waals surface area contributed by atoms with Gasteiger partial charge in [0.05, 0.1) is 27.8 Å². The smallest absolute Gasteiger partial charge is 0.164 e. The fourth-order valence-electron chi connectivity index (χ4n) is 10.6. The van der Waals surface area contributed by atoms with E-state index in [1.807, 2.05) is 6.07 Å². The first kappa shape index (κ1) is 38.1. The molecule has 5 heteroatoms. The third-order valence-electron chi connectivity index (χ3n) is 13.7. The summed E-state index contributed by atoms with van der Waals surface area (Å²) >= 11 is 0. The lowest BCUT2D eigenvalue weighted by Crippen LogP contribution is -2.03. The lowest BCUT2D eigenvalue weighted by molar-refractivity contribution is 1.08. The van der Waals surface area contributed by atoms with Crippen LogP contribution in [-0.4, -0.2) is 24.1 Å². The molecule has 0 radical (unpaired) electrons. The normalized spacial score (nSPS) is 11.8. The Bertz CT molecular complexity index is 4270. The summed E-state index contributed by atoms with van der Waals surface area (Å²) in [5.74, 6) is 1.85. The van der Waals surface area contributed by atoms with Crippen molar-refractivity contribution in [3.8, 4) is 56.7 Å². The Kier molecular flexibility index (Phi) is 8.52. The number of hydrogen-bond acceptors (Lipinski definition) is 3. The van der Waals surface area contributed by atoms with E-state index in [-0.39, 0.29) is 0 Å². The van der Waals surface area contributed by atoms with E-state index in [4.69, 9.17) is 15.0 Å². The molecule has 0 fully saturated rings. The summed E-state index contributed by atoms with van der Waals surface area (Å²) in [5, 5.41) is 11.7. The van der Waals surface area contributed by atoms with Gasteiger partial charge < -0.3 is 9.13 Å². The zero-order valence-electron chi connectivity index (χ0n) is 36.8. The first-order valence-corrected chi connectivity index (χ1v) is 23.1. The molecule has 0 N–H and O–H groups in total. The Morgan fingerprint density at radius 3 is 1.54 bits per heavy atom. The molecule has 68 heavy (non-hydrogen) atoms. The molecule has 0 aliphatic carbocycles. The number of nitrogens with zero attached hydrogens (tertiary/aromatic N) is 5. The van der Waals surface area contributed by atoms with Crippen molar-refractivity contribution in [2.24, 2.45) is 0 Å². The van der Waals surface area contributed by atoms with Crippen molar-refractivity contribution < 1.29 is 0 Å². The van der Waals surface area contributed by atoms with E-state index in [0.717, 1.165) is 71.8 Å². The summed E-state index contributed by atoms with van der Waals surface area (Å²) in [4.78, 5) is 16.1. The zero-order valence-corrected chi connectivity index (χ0v) is 36.8. The van der Waals surface area contributed by atoms with Crippen LogP contribution < -0.4 is 0 Å². The number of para-hydroxylation sites is 2. The van der Waals surface area contributed by atoms with E-state index in [2.05, 4.69) is 240 Å². The second-order valence-electron chi connectivity index (χ2n) is 17.6. The molecule has 0 atom stereocenters. The molecule has 0 saturated carbocycles. The molecule has 5 nitrogen and oxygen atoms in total. The van der Waals surface area contributed by atoms with E-state index in [9.17, 15) is 0 Å². The Morgan fingerprint density at radius 2 is 0.779 bits per heavy atom. The van der Waals surface area contributed by atoms with Crippen molar-refractivity contribution in [3.05, 3.63) is 237 Å². The molecule has 0 saturated heterocycles. The molecule has 0 amide bonds. The minimum Gasteiger partial charge on any atom is -0.309 e. The van der Waals surface area contributed by atoms with Gasteiger partial charge in [-0.1, -0.05) is 182 Å². The summed E-state index contributed by atoms with van der Waals surface area (Å²) in [7, 11) is 0. The van der Waals surface area contributed by atoms with Crippen LogP contribution in [0.15, 0.2) is 237 Å². The van der Waals surface area contributed by atoms with Gasteiger partial charge >= 0.3 is 0 Å². The maximum absolute atomic E-state index is 5.42. The van der Waals surface area contributed by atoms with E-state index in [0.29, 0.717) is 17.5 Å². The molecule has 0 aliphatic rings. The highest BCUT2D eigenvalue weighted by molar-refractivity contribution is 6.16. The molecule has 3 aromatic heterocycles. The molecule has 0 unspecified atom stereocenters. The molecule has 0 aliphatic heterocycles. The summed E-state index contributed by atoms with van der Waals surface area (Å²) in [5.41, 5.74) is 11.8. The second kappa shape index (κ2) is 15.2. The Morgan fingerprint density at radius 1 is 0.250 bits per heavy atom. The Labute approximate surface area is 391 Å². The predicted octanol–water partition coefficient (Wildman–Crippen LogP) is 16.2. The molecule has 0 bridgehead atoms. The third kappa shape index (κ3) is 5.99. The highest BCUT2D eigenvalue weighted by Crippen LogP contribution is 2.42. The lowest BCUT2D eigenvalue weighted by atomic mass is 9.99. The number of hydrogen-bond donors (Lipinski definition) is 0. The summed E-state index contributed by atoms with van der Waals surface area (Å²) in [6, 6.07) is 84.7. The first-order valence-electron chi connectivity index (χ1n) is 23.1. The number of fused-ring (bicyclic) bond motifs is 9. The van der Waals surface area contributed by atoms with Crippen molar-refractivity contribution in [2.45, 2.75) is 0 Å². The molecular formula is C63H39N5. The number of benzene rings is 11. The molecule has 11 aromatic carbocycles. The van der Waals surface area contributed by atoms with Crippen LogP contribution in [0.5, 0.6) is 0 Å². The number of rotatable bonds is 6. The maximum atomic E-state index is 5.42. The van der Waals surface area contributed by atoms with E-state index in [1.165, 1.54) is 43.4 Å². The third-order valence-corrected chi connectivity index (χ3v) is 13.7. The first-order chi connectivity index (χ1) is 33.7. The van der Waals surface area contributed by atoms with Crippen LogP contribution >= 0.6 is 0 Å². The Balaban J connectivity index is 1.04. The largest absolute Gasteiger partial charge is 0.309 e. The standard InChI is InChI=1S/C63H39N5/c1-2-17-40(18-3-1)47-25-10-11-29-52(47)62-64-61(65-63(66-62)53-30-16-23-41-19-6-8-24-48(41)53)45-35-44-22-7-9-26-49(44)59(38-45)68-58-34-33-46(39-55(58)54-36-42-20-4-5-21-43(42)37-60(54)68)67-56-31-14-12-27-50(56)51-28-13-15-32-57(51)67/h1-39H. The van der Waals surface area contributed by atoms with Gasteiger partial charge in [-0.15, -0.1) is 0 Å².